The molecule has 2 aromatic carbocycles. The number of carbonyl (C=O) groups excluding carboxylic acids is 1. The van der Waals surface area contributed by atoms with Gasteiger partial charge < -0.3 is 19.5 Å². The molecule has 2 aromatic rings. The lowest BCUT2D eigenvalue weighted by molar-refractivity contribution is -0.118. The molecule has 26 heavy (non-hydrogen) atoms. The minimum absolute atomic E-state index is 0.0276. The molecule has 1 heterocycles. The Balaban J connectivity index is 1.44. The molecule has 5 nitrogen and oxygen atoms in total. The van der Waals surface area contributed by atoms with Gasteiger partial charge in [-0.2, -0.15) is 0 Å². The van der Waals surface area contributed by atoms with Crippen LogP contribution in [0, 0.1) is 13.8 Å². The second-order valence-electron chi connectivity index (χ2n) is 6.63. The summed E-state index contributed by atoms with van der Waals surface area (Å²) in [6.45, 7) is 5.36. The van der Waals surface area contributed by atoms with Crippen molar-refractivity contribution >= 4 is 11.6 Å². The number of hydrogen-bond donors (Lipinski definition) is 1. The molecular weight excluding hydrogens is 330 g/mol. The summed E-state index contributed by atoms with van der Waals surface area (Å²) in [6, 6.07) is 13.2. The fraction of sp³-hybridized carbons (Fsp3) is 0.381. The van der Waals surface area contributed by atoms with Crippen LogP contribution in [0.1, 0.15) is 24.0 Å². The van der Waals surface area contributed by atoms with Crippen molar-refractivity contribution in [1.29, 1.82) is 0 Å². The summed E-state index contributed by atoms with van der Waals surface area (Å²) < 4.78 is 16.8. The lowest BCUT2D eigenvalue weighted by Gasteiger charge is -2.12. The van der Waals surface area contributed by atoms with E-state index in [2.05, 4.69) is 11.4 Å². The molecular formula is C21H25NO4. The second-order valence-corrected chi connectivity index (χ2v) is 6.63. The highest BCUT2D eigenvalue weighted by atomic mass is 16.5. The predicted octanol–water partition coefficient (Wildman–Crippen LogP) is 3.88. The number of rotatable bonds is 7. The number of aryl methyl sites for hydroxylation is 2. The van der Waals surface area contributed by atoms with Crippen LogP contribution >= 0.6 is 0 Å². The van der Waals surface area contributed by atoms with E-state index >= 15 is 0 Å². The topological polar surface area (TPSA) is 56.8 Å². The SMILES string of the molecule is Cc1cc(C)cc(OCC(=O)Nc2ccc(OC[C@H]3CCCO3)cc2)c1. The van der Waals surface area contributed by atoms with Crippen molar-refractivity contribution in [2.24, 2.45) is 0 Å². The van der Waals surface area contributed by atoms with Crippen LogP contribution in [0.15, 0.2) is 42.5 Å². The van der Waals surface area contributed by atoms with Crippen molar-refractivity contribution in [2.45, 2.75) is 32.8 Å². The van der Waals surface area contributed by atoms with E-state index in [0.717, 1.165) is 36.3 Å². The monoisotopic (exact) mass is 355 g/mol. The van der Waals surface area contributed by atoms with Gasteiger partial charge in [-0.3, -0.25) is 4.79 Å². The predicted molar refractivity (Wildman–Crippen MR) is 101 cm³/mol. The summed E-state index contributed by atoms with van der Waals surface area (Å²) in [6.07, 6.45) is 2.34. The standard InChI is InChI=1S/C21H25NO4/c1-15-10-16(2)12-20(11-15)26-14-21(23)22-17-5-7-18(8-6-17)25-13-19-4-3-9-24-19/h5-8,10-12,19H,3-4,9,13-14H2,1-2H3,(H,22,23)/t19-/m1/s1. The van der Waals surface area contributed by atoms with Gasteiger partial charge in [0.2, 0.25) is 0 Å². The van der Waals surface area contributed by atoms with Crippen molar-refractivity contribution in [3.8, 4) is 11.5 Å². The summed E-state index contributed by atoms with van der Waals surface area (Å²) >= 11 is 0. The van der Waals surface area contributed by atoms with Gasteiger partial charge in [0, 0.05) is 12.3 Å². The van der Waals surface area contributed by atoms with Gasteiger partial charge in [0.25, 0.3) is 5.91 Å². The van der Waals surface area contributed by atoms with Crippen LogP contribution in [0.4, 0.5) is 5.69 Å². The Morgan fingerprint density at radius 1 is 1.08 bits per heavy atom. The van der Waals surface area contributed by atoms with Gasteiger partial charge in [0.05, 0.1) is 6.10 Å². The quantitative estimate of drug-likeness (QED) is 0.819. The first-order chi connectivity index (χ1) is 12.6. The van der Waals surface area contributed by atoms with Gasteiger partial charge in [0.15, 0.2) is 6.61 Å². The third-order valence-electron chi connectivity index (χ3n) is 4.16. The average Bonchev–Trinajstić information content (AvgIpc) is 3.12. The molecule has 1 saturated heterocycles. The van der Waals surface area contributed by atoms with Crippen LogP contribution in [-0.2, 0) is 9.53 Å². The lowest BCUT2D eigenvalue weighted by Crippen LogP contribution is -2.20. The molecule has 0 bridgehead atoms. The first kappa shape index (κ1) is 18.3. The Labute approximate surface area is 154 Å². The molecule has 0 radical (unpaired) electrons. The van der Waals surface area contributed by atoms with Crippen molar-refractivity contribution in [2.75, 3.05) is 25.1 Å². The van der Waals surface area contributed by atoms with E-state index in [0.29, 0.717) is 18.0 Å². The van der Waals surface area contributed by atoms with E-state index in [1.165, 1.54) is 0 Å². The maximum absolute atomic E-state index is 12.1. The van der Waals surface area contributed by atoms with E-state index in [1.54, 1.807) is 0 Å². The van der Waals surface area contributed by atoms with Gasteiger partial charge in [-0.15, -0.1) is 0 Å². The second kappa shape index (κ2) is 8.72. The number of ether oxygens (including phenoxy) is 3. The zero-order valence-corrected chi connectivity index (χ0v) is 15.3. The smallest absolute Gasteiger partial charge is 0.262 e. The molecule has 1 fully saturated rings. The molecule has 1 aliphatic rings. The zero-order valence-electron chi connectivity index (χ0n) is 15.3. The largest absolute Gasteiger partial charge is 0.491 e. The van der Waals surface area contributed by atoms with Gasteiger partial charge in [0.1, 0.15) is 18.1 Å². The summed E-state index contributed by atoms with van der Waals surface area (Å²) in [5.74, 6) is 1.28. The number of carbonyl (C=O) groups is 1. The van der Waals surface area contributed by atoms with Crippen LogP contribution in [0.25, 0.3) is 0 Å². The number of hydrogen-bond acceptors (Lipinski definition) is 4. The Hall–Kier alpha value is -2.53. The maximum atomic E-state index is 12.1. The fourth-order valence-corrected chi connectivity index (χ4v) is 2.96. The third-order valence-corrected chi connectivity index (χ3v) is 4.16. The Morgan fingerprint density at radius 2 is 1.81 bits per heavy atom. The first-order valence-corrected chi connectivity index (χ1v) is 8.94. The van der Waals surface area contributed by atoms with E-state index in [-0.39, 0.29) is 18.6 Å². The average molecular weight is 355 g/mol. The highest BCUT2D eigenvalue weighted by molar-refractivity contribution is 5.91. The van der Waals surface area contributed by atoms with Crippen LogP contribution in [0.5, 0.6) is 11.5 Å². The summed E-state index contributed by atoms with van der Waals surface area (Å²) in [5.41, 5.74) is 2.93. The highest BCUT2D eigenvalue weighted by Crippen LogP contribution is 2.19. The Kier molecular flexibility index (Phi) is 6.12. The molecule has 5 heteroatoms. The van der Waals surface area contributed by atoms with Gasteiger partial charge in [-0.05, 0) is 74.2 Å². The minimum Gasteiger partial charge on any atom is -0.491 e. The molecule has 0 unspecified atom stereocenters. The van der Waals surface area contributed by atoms with Crippen LogP contribution in [-0.4, -0.2) is 31.8 Å². The number of amides is 1. The van der Waals surface area contributed by atoms with Gasteiger partial charge in [-0.1, -0.05) is 6.07 Å². The Morgan fingerprint density at radius 3 is 2.46 bits per heavy atom. The molecule has 0 aliphatic carbocycles. The molecule has 1 aliphatic heterocycles. The minimum atomic E-state index is -0.197. The maximum Gasteiger partial charge on any atom is 0.262 e. The number of nitrogens with one attached hydrogen (secondary N) is 1. The van der Waals surface area contributed by atoms with Crippen molar-refractivity contribution < 1.29 is 19.0 Å². The van der Waals surface area contributed by atoms with E-state index < -0.39 is 0 Å². The molecule has 1 amide bonds. The van der Waals surface area contributed by atoms with Crippen molar-refractivity contribution in [3.05, 3.63) is 53.6 Å². The molecule has 3 rings (SSSR count). The first-order valence-electron chi connectivity index (χ1n) is 8.94. The third kappa shape index (κ3) is 5.49. The number of anilines is 1. The van der Waals surface area contributed by atoms with Crippen molar-refractivity contribution in [3.63, 3.8) is 0 Å². The lowest BCUT2D eigenvalue weighted by atomic mass is 10.1. The summed E-state index contributed by atoms with van der Waals surface area (Å²) in [7, 11) is 0. The van der Waals surface area contributed by atoms with Crippen LogP contribution < -0.4 is 14.8 Å². The summed E-state index contributed by atoms with van der Waals surface area (Å²) in [4.78, 5) is 12.1. The van der Waals surface area contributed by atoms with E-state index in [1.807, 2.05) is 50.2 Å². The molecule has 0 aromatic heterocycles. The molecule has 0 saturated carbocycles. The summed E-state index contributed by atoms with van der Waals surface area (Å²) in [5, 5.41) is 2.82. The highest BCUT2D eigenvalue weighted by Gasteiger charge is 2.15. The van der Waals surface area contributed by atoms with E-state index in [9.17, 15) is 4.79 Å². The molecule has 1 atom stereocenters. The van der Waals surface area contributed by atoms with E-state index in [4.69, 9.17) is 14.2 Å². The molecule has 138 valence electrons. The zero-order chi connectivity index (χ0) is 18.4. The number of benzene rings is 2. The molecule has 0 spiro atoms. The van der Waals surface area contributed by atoms with Crippen LogP contribution in [0.2, 0.25) is 0 Å². The Bertz CT molecular complexity index is 716. The van der Waals surface area contributed by atoms with Gasteiger partial charge >= 0.3 is 0 Å². The van der Waals surface area contributed by atoms with Gasteiger partial charge in [-0.25, -0.2) is 0 Å². The normalized spacial score (nSPS) is 16.3. The van der Waals surface area contributed by atoms with Crippen LogP contribution in [0.3, 0.4) is 0 Å². The van der Waals surface area contributed by atoms with Crippen molar-refractivity contribution in [1.82, 2.24) is 0 Å². The molecule has 1 N–H and O–H groups in total. The fourth-order valence-electron chi connectivity index (χ4n) is 2.96.